The normalized spacial score (nSPS) is 21.4. The summed E-state index contributed by atoms with van der Waals surface area (Å²) in [6, 6.07) is 4.69. The second kappa shape index (κ2) is 4.26. The van der Waals surface area contributed by atoms with Crippen molar-refractivity contribution in [2.24, 2.45) is 0 Å². The lowest BCUT2D eigenvalue weighted by Crippen LogP contribution is -2.35. The molecular formula is C13H17N3. The zero-order valence-electron chi connectivity index (χ0n) is 9.37. The number of pyridine rings is 1. The van der Waals surface area contributed by atoms with E-state index in [2.05, 4.69) is 27.5 Å². The molecule has 2 N–H and O–H groups in total. The summed E-state index contributed by atoms with van der Waals surface area (Å²) < 4.78 is 0. The summed E-state index contributed by atoms with van der Waals surface area (Å²) in [5, 5.41) is 3.58. The molecule has 1 saturated heterocycles. The van der Waals surface area contributed by atoms with Gasteiger partial charge in [-0.1, -0.05) is 6.42 Å². The largest absolute Gasteiger partial charge is 0.360 e. The van der Waals surface area contributed by atoms with Crippen molar-refractivity contribution in [1.82, 2.24) is 15.3 Å². The van der Waals surface area contributed by atoms with E-state index >= 15 is 0 Å². The van der Waals surface area contributed by atoms with Crippen molar-refractivity contribution in [2.75, 3.05) is 6.54 Å². The number of nitrogens with one attached hydrogen (secondary N) is 2. The maximum Gasteiger partial charge on any atom is 0.0911 e. The first kappa shape index (κ1) is 9.85. The van der Waals surface area contributed by atoms with Crippen LogP contribution in [-0.2, 0) is 6.42 Å². The highest BCUT2D eigenvalue weighted by molar-refractivity contribution is 5.78. The van der Waals surface area contributed by atoms with Crippen molar-refractivity contribution in [2.45, 2.75) is 31.7 Å². The van der Waals surface area contributed by atoms with Crippen LogP contribution in [0.25, 0.3) is 11.0 Å². The van der Waals surface area contributed by atoms with Crippen molar-refractivity contribution in [3.8, 4) is 0 Å². The fourth-order valence-corrected chi connectivity index (χ4v) is 2.53. The number of piperidine rings is 1. The van der Waals surface area contributed by atoms with Crippen LogP contribution >= 0.6 is 0 Å². The van der Waals surface area contributed by atoms with Gasteiger partial charge >= 0.3 is 0 Å². The fraction of sp³-hybridized carbons (Fsp3) is 0.462. The third-order valence-electron chi connectivity index (χ3n) is 3.39. The van der Waals surface area contributed by atoms with E-state index in [4.69, 9.17) is 0 Å². The van der Waals surface area contributed by atoms with Crippen molar-refractivity contribution in [1.29, 1.82) is 0 Å². The van der Waals surface area contributed by atoms with E-state index in [1.54, 1.807) is 0 Å². The minimum absolute atomic E-state index is 0.634. The summed E-state index contributed by atoms with van der Waals surface area (Å²) in [7, 11) is 0. The molecule has 0 aliphatic carbocycles. The van der Waals surface area contributed by atoms with Crippen molar-refractivity contribution < 1.29 is 0 Å². The SMILES string of the molecule is c1cnc2c(CC3CCCCN3)c[nH]c2c1. The molecule has 0 amide bonds. The van der Waals surface area contributed by atoms with E-state index in [1.165, 1.54) is 31.4 Å². The molecule has 1 fully saturated rings. The van der Waals surface area contributed by atoms with E-state index in [9.17, 15) is 0 Å². The molecule has 84 valence electrons. The Kier molecular flexibility index (Phi) is 2.62. The van der Waals surface area contributed by atoms with Gasteiger partial charge in [0.2, 0.25) is 0 Å². The van der Waals surface area contributed by atoms with Crippen LogP contribution in [0, 0.1) is 0 Å². The lowest BCUT2D eigenvalue weighted by Gasteiger charge is -2.22. The Hall–Kier alpha value is -1.35. The first-order valence-electron chi connectivity index (χ1n) is 6.08. The molecule has 0 saturated carbocycles. The standard InChI is InChI=1S/C13H17N3/c1-2-6-14-11(4-1)8-10-9-16-12-5-3-7-15-13(10)12/h3,5,7,9,11,14,16H,1-2,4,6,8H2. The van der Waals surface area contributed by atoms with E-state index in [0.717, 1.165) is 17.5 Å². The Bertz CT molecular complexity index is 469. The molecule has 0 spiro atoms. The molecule has 3 heteroatoms. The number of aromatic amines is 1. The number of aromatic nitrogens is 2. The molecule has 1 unspecified atom stereocenters. The Morgan fingerprint density at radius 3 is 3.25 bits per heavy atom. The van der Waals surface area contributed by atoms with Gasteiger partial charge in [-0.15, -0.1) is 0 Å². The van der Waals surface area contributed by atoms with Crippen LogP contribution in [0.1, 0.15) is 24.8 Å². The quantitative estimate of drug-likeness (QED) is 0.806. The van der Waals surface area contributed by atoms with Gasteiger partial charge in [-0.25, -0.2) is 0 Å². The van der Waals surface area contributed by atoms with E-state index in [1.807, 2.05) is 12.3 Å². The van der Waals surface area contributed by atoms with Crippen LogP contribution in [0.2, 0.25) is 0 Å². The molecule has 2 aromatic heterocycles. The van der Waals surface area contributed by atoms with E-state index < -0.39 is 0 Å². The Morgan fingerprint density at radius 1 is 1.38 bits per heavy atom. The zero-order valence-corrected chi connectivity index (χ0v) is 9.37. The third-order valence-corrected chi connectivity index (χ3v) is 3.39. The average molecular weight is 215 g/mol. The lowest BCUT2D eigenvalue weighted by atomic mass is 9.99. The first-order chi connectivity index (χ1) is 7.93. The summed E-state index contributed by atoms with van der Waals surface area (Å²) in [6.45, 7) is 1.17. The van der Waals surface area contributed by atoms with Gasteiger partial charge in [-0.2, -0.15) is 0 Å². The third kappa shape index (κ3) is 1.83. The molecule has 3 rings (SSSR count). The second-order valence-electron chi connectivity index (χ2n) is 4.56. The summed E-state index contributed by atoms with van der Waals surface area (Å²) in [4.78, 5) is 7.74. The maximum absolute atomic E-state index is 4.45. The molecule has 1 aliphatic rings. The topological polar surface area (TPSA) is 40.7 Å². The van der Waals surface area contributed by atoms with Crippen LogP contribution in [0.5, 0.6) is 0 Å². The predicted octanol–water partition coefficient (Wildman–Crippen LogP) is 2.25. The number of rotatable bonds is 2. The minimum Gasteiger partial charge on any atom is -0.360 e. The lowest BCUT2D eigenvalue weighted by molar-refractivity contribution is 0.400. The summed E-state index contributed by atoms with van der Waals surface area (Å²) >= 11 is 0. The molecule has 16 heavy (non-hydrogen) atoms. The number of hydrogen-bond acceptors (Lipinski definition) is 2. The highest BCUT2D eigenvalue weighted by atomic mass is 14.9. The highest BCUT2D eigenvalue weighted by Crippen LogP contribution is 2.19. The predicted molar refractivity (Wildman–Crippen MR) is 65.4 cm³/mol. The Balaban J connectivity index is 1.83. The average Bonchev–Trinajstić information content (AvgIpc) is 2.74. The van der Waals surface area contributed by atoms with Crippen LogP contribution in [0.3, 0.4) is 0 Å². The summed E-state index contributed by atoms with van der Waals surface area (Å²) in [5.74, 6) is 0. The van der Waals surface area contributed by atoms with Gasteiger partial charge in [0.05, 0.1) is 11.0 Å². The molecule has 3 heterocycles. The zero-order chi connectivity index (χ0) is 10.8. The molecule has 0 aromatic carbocycles. The first-order valence-corrected chi connectivity index (χ1v) is 6.08. The second-order valence-corrected chi connectivity index (χ2v) is 4.56. The van der Waals surface area contributed by atoms with Crippen LogP contribution < -0.4 is 5.32 Å². The van der Waals surface area contributed by atoms with Crippen molar-refractivity contribution in [3.63, 3.8) is 0 Å². The monoisotopic (exact) mass is 215 g/mol. The fourth-order valence-electron chi connectivity index (χ4n) is 2.53. The molecule has 1 aliphatic heterocycles. The number of hydrogen-bond donors (Lipinski definition) is 2. The Morgan fingerprint density at radius 2 is 2.38 bits per heavy atom. The molecule has 0 radical (unpaired) electrons. The summed E-state index contributed by atoms with van der Waals surface area (Å²) in [5.41, 5.74) is 3.62. The van der Waals surface area contributed by atoms with Gasteiger partial charge in [-0.05, 0) is 43.5 Å². The highest BCUT2D eigenvalue weighted by Gasteiger charge is 2.15. The van der Waals surface area contributed by atoms with Crippen molar-refractivity contribution in [3.05, 3.63) is 30.1 Å². The van der Waals surface area contributed by atoms with E-state index in [-0.39, 0.29) is 0 Å². The van der Waals surface area contributed by atoms with Crippen LogP contribution in [0.15, 0.2) is 24.5 Å². The number of fused-ring (bicyclic) bond motifs is 1. The molecule has 0 bridgehead atoms. The minimum atomic E-state index is 0.634. The molecular weight excluding hydrogens is 198 g/mol. The van der Waals surface area contributed by atoms with Crippen molar-refractivity contribution >= 4 is 11.0 Å². The van der Waals surface area contributed by atoms with Gasteiger partial charge < -0.3 is 10.3 Å². The van der Waals surface area contributed by atoms with Gasteiger partial charge in [0.15, 0.2) is 0 Å². The smallest absolute Gasteiger partial charge is 0.0911 e. The van der Waals surface area contributed by atoms with Crippen LogP contribution in [0.4, 0.5) is 0 Å². The summed E-state index contributed by atoms with van der Waals surface area (Å²) in [6.07, 6.45) is 9.04. The molecule has 2 aromatic rings. The van der Waals surface area contributed by atoms with Gasteiger partial charge in [-0.3, -0.25) is 4.98 Å². The maximum atomic E-state index is 4.45. The van der Waals surface area contributed by atoms with Gasteiger partial charge in [0.25, 0.3) is 0 Å². The Labute approximate surface area is 95.3 Å². The van der Waals surface area contributed by atoms with Gasteiger partial charge in [0, 0.05) is 18.4 Å². The molecule has 1 atom stereocenters. The number of nitrogens with zero attached hydrogens (tertiary/aromatic N) is 1. The van der Waals surface area contributed by atoms with E-state index in [0.29, 0.717) is 6.04 Å². The van der Waals surface area contributed by atoms with Crippen LogP contribution in [-0.4, -0.2) is 22.6 Å². The van der Waals surface area contributed by atoms with Gasteiger partial charge in [0.1, 0.15) is 0 Å². The number of H-pyrrole nitrogens is 1. The molecule has 3 nitrogen and oxygen atoms in total.